The quantitative estimate of drug-likeness (QED) is 0.825. The van der Waals surface area contributed by atoms with Crippen LogP contribution in [-0.4, -0.2) is 14.7 Å². The standard InChI is InChI=1S/C14H18O2S/c1-17(15,16)14(11-12-7-5-6-8-12)13-9-3-2-4-10-13/h2-4,9-12H,5-8H2,1H3/b14-11-. The summed E-state index contributed by atoms with van der Waals surface area (Å²) < 4.78 is 23.7. The van der Waals surface area contributed by atoms with Gasteiger partial charge in [-0.15, -0.1) is 0 Å². The van der Waals surface area contributed by atoms with Crippen molar-refractivity contribution in [3.63, 3.8) is 0 Å². The van der Waals surface area contributed by atoms with Gasteiger partial charge >= 0.3 is 0 Å². The summed E-state index contributed by atoms with van der Waals surface area (Å²) in [4.78, 5) is 0.491. The summed E-state index contributed by atoms with van der Waals surface area (Å²) in [6.07, 6.45) is 7.91. The van der Waals surface area contributed by atoms with Gasteiger partial charge in [-0.25, -0.2) is 8.42 Å². The fourth-order valence-electron chi connectivity index (χ4n) is 2.37. The van der Waals surface area contributed by atoms with E-state index in [0.29, 0.717) is 10.8 Å². The second-order valence-corrected chi connectivity index (χ2v) is 6.70. The SMILES string of the molecule is CS(=O)(=O)/C(=C\C1CCCC1)c1ccccc1. The molecule has 92 valence electrons. The van der Waals surface area contributed by atoms with Gasteiger partial charge < -0.3 is 0 Å². The molecular formula is C14H18O2S. The topological polar surface area (TPSA) is 34.1 Å². The second kappa shape index (κ2) is 5.05. The lowest BCUT2D eigenvalue weighted by Crippen LogP contribution is -2.02. The van der Waals surface area contributed by atoms with Crippen molar-refractivity contribution >= 4 is 14.7 Å². The summed E-state index contributed by atoms with van der Waals surface area (Å²) in [6.45, 7) is 0. The maximum absolute atomic E-state index is 11.9. The number of allylic oxidation sites excluding steroid dienone is 1. The third-order valence-electron chi connectivity index (χ3n) is 3.24. The van der Waals surface area contributed by atoms with E-state index in [1.54, 1.807) is 0 Å². The van der Waals surface area contributed by atoms with Crippen molar-refractivity contribution in [3.05, 3.63) is 42.0 Å². The highest BCUT2D eigenvalue weighted by molar-refractivity contribution is 8.00. The van der Waals surface area contributed by atoms with Crippen molar-refractivity contribution in [2.75, 3.05) is 6.26 Å². The monoisotopic (exact) mass is 250 g/mol. The van der Waals surface area contributed by atoms with E-state index in [0.717, 1.165) is 18.4 Å². The summed E-state index contributed by atoms with van der Waals surface area (Å²) in [6, 6.07) is 9.38. The summed E-state index contributed by atoms with van der Waals surface area (Å²) >= 11 is 0. The Morgan fingerprint density at radius 1 is 1.18 bits per heavy atom. The lowest BCUT2D eigenvalue weighted by Gasteiger charge is -2.09. The Hall–Kier alpha value is -1.09. The highest BCUT2D eigenvalue weighted by Crippen LogP contribution is 2.30. The van der Waals surface area contributed by atoms with Gasteiger partial charge in [0.2, 0.25) is 0 Å². The van der Waals surface area contributed by atoms with Crippen molar-refractivity contribution in [2.24, 2.45) is 5.92 Å². The van der Waals surface area contributed by atoms with Crippen molar-refractivity contribution in [2.45, 2.75) is 25.7 Å². The molecule has 2 rings (SSSR count). The normalized spacial score (nSPS) is 18.5. The number of rotatable bonds is 3. The molecule has 0 heterocycles. The average Bonchev–Trinajstić information content (AvgIpc) is 2.78. The van der Waals surface area contributed by atoms with Gasteiger partial charge in [0.05, 0.1) is 4.91 Å². The Morgan fingerprint density at radius 2 is 1.76 bits per heavy atom. The molecule has 0 spiro atoms. The van der Waals surface area contributed by atoms with E-state index in [-0.39, 0.29) is 0 Å². The first-order valence-corrected chi connectivity index (χ1v) is 7.94. The van der Waals surface area contributed by atoms with E-state index in [1.807, 2.05) is 36.4 Å². The molecule has 0 saturated heterocycles. The molecular weight excluding hydrogens is 232 g/mol. The largest absolute Gasteiger partial charge is 0.224 e. The molecule has 1 aromatic rings. The minimum atomic E-state index is -3.14. The van der Waals surface area contributed by atoms with Crippen LogP contribution in [0.15, 0.2) is 36.4 Å². The van der Waals surface area contributed by atoms with E-state index in [2.05, 4.69) is 0 Å². The fraction of sp³-hybridized carbons (Fsp3) is 0.429. The van der Waals surface area contributed by atoms with Crippen LogP contribution in [0.5, 0.6) is 0 Å². The van der Waals surface area contributed by atoms with E-state index in [4.69, 9.17) is 0 Å². The minimum Gasteiger partial charge on any atom is -0.224 e. The van der Waals surface area contributed by atoms with Gasteiger partial charge in [-0.3, -0.25) is 0 Å². The Kier molecular flexibility index (Phi) is 3.67. The van der Waals surface area contributed by atoms with Crippen LogP contribution in [0.2, 0.25) is 0 Å². The van der Waals surface area contributed by atoms with E-state index >= 15 is 0 Å². The number of hydrogen-bond donors (Lipinski definition) is 0. The molecule has 0 amide bonds. The zero-order valence-corrected chi connectivity index (χ0v) is 10.9. The van der Waals surface area contributed by atoms with Crippen LogP contribution in [0, 0.1) is 5.92 Å². The van der Waals surface area contributed by atoms with Gasteiger partial charge in [0, 0.05) is 6.26 Å². The molecule has 0 aromatic heterocycles. The Bertz CT molecular complexity index is 494. The molecule has 0 radical (unpaired) electrons. The predicted octanol–water partition coefficient (Wildman–Crippen LogP) is 3.26. The first-order chi connectivity index (χ1) is 8.07. The van der Waals surface area contributed by atoms with Crippen LogP contribution in [0.1, 0.15) is 31.2 Å². The van der Waals surface area contributed by atoms with E-state index < -0.39 is 9.84 Å². The lowest BCUT2D eigenvalue weighted by atomic mass is 10.1. The van der Waals surface area contributed by atoms with Crippen molar-refractivity contribution in [1.29, 1.82) is 0 Å². The molecule has 1 saturated carbocycles. The van der Waals surface area contributed by atoms with Gasteiger partial charge in [0.25, 0.3) is 0 Å². The molecule has 1 aromatic carbocycles. The molecule has 0 unspecified atom stereocenters. The van der Waals surface area contributed by atoms with Gasteiger partial charge in [-0.05, 0) is 24.3 Å². The number of benzene rings is 1. The molecule has 0 N–H and O–H groups in total. The Labute approximate surface area is 103 Å². The van der Waals surface area contributed by atoms with Crippen LogP contribution in [0.3, 0.4) is 0 Å². The Balaban J connectivity index is 2.39. The molecule has 0 atom stereocenters. The highest BCUT2D eigenvalue weighted by atomic mass is 32.2. The highest BCUT2D eigenvalue weighted by Gasteiger charge is 2.19. The van der Waals surface area contributed by atoms with Gasteiger partial charge in [0.1, 0.15) is 0 Å². The van der Waals surface area contributed by atoms with Crippen molar-refractivity contribution in [1.82, 2.24) is 0 Å². The molecule has 1 fully saturated rings. The first kappa shape index (κ1) is 12.4. The van der Waals surface area contributed by atoms with Crippen LogP contribution in [0.4, 0.5) is 0 Å². The summed E-state index contributed by atoms with van der Waals surface area (Å²) in [5.41, 5.74) is 0.807. The van der Waals surface area contributed by atoms with Crippen LogP contribution in [0.25, 0.3) is 4.91 Å². The summed E-state index contributed by atoms with van der Waals surface area (Å²) in [5, 5.41) is 0. The van der Waals surface area contributed by atoms with Crippen LogP contribution < -0.4 is 0 Å². The van der Waals surface area contributed by atoms with E-state index in [1.165, 1.54) is 19.1 Å². The maximum atomic E-state index is 11.9. The molecule has 1 aliphatic rings. The minimum absolute atomic E-state index is 0.430. The lowest BCUT2D eigenvalue weighted by molar-refractivity contribution is 0.610. The number of sulfone groups is 1. The van der Waals surface area contributed by atoms with Gasteiger partial charge in [-0.2, -0.15) is 0 Å². The van der Waals surface area contributed by atoms with Crippen LogP contribution in [-0.2, 0) is 9.84 Å². The van der Waals surface area contributed by atoms with Crippen molar-refractivity contribution < 1.29 is 8.42 Å². The molecule has 3 heteroatoms. The van der Waals surface area contributed by atoms with Gasteiger partial charge in [0.15, 0.2) is 9.84 Å². The van der Waals surface area contributed by atoms with Gasteiger partial charge in [-0.1, -0.05) is 49.2 Å². The molecule has 0 bridgehead atoms. The third-order valence-corrected chi connectivity index (χ3v) is 4.42. The Morgan fingerprint density at radius 3 is 2.29 bits per heavy atom. The molecule has 0 aliphatic heterocycles. The molecule has 2 nitrogen and oxygen atoms in total. The molecule has 17 heavy (non-hydrogen) atoms. The van der Waals surface area contributed by atoms with Crippen LogP contribution >= 0.6 is 0 Å². The third kappa shape index (κ3) is 3.19. The van der Waals surface area contributed by atoms with Crippen molar-refractivity contribution in [3.8, 4) is 0 Å². The first-order valence-electron chi connectivity index (χ1n) is 6.04. The summed E-state index contributed by atoms with van der Waals surface area (Å²) in [5.74, 6) is 0.430. The smallest absolute Gasteiger partial charge is 0.175 e. The predicted molar refractivity (Wildman–Crippen MR) is 71.2 cm³/mol. The average molecular weight is 250 g/mol. The second-order valence-electron chi connectivity index (χ2n) is 4.71. The van der Waals surface area contributed by atoms with E-state index in [9.17, 15) is 8.42 Å². The maximum Gasteiger partial charge on any atom is 0.175 e. The summed E-state index contributed by atoms with van der Waals surface area (Å²) in [7, 11) is -3.14. The fourth-order valence-corrected chi connectivity index (χ4v) is 3.38. The molecule has 1 aliphatic carbocycles. The zero-order chi connectivity index (χ0) is 12.3. The zero-order valence-electron chi connectivity index (χ0n) is 10.1. The number of hydrogen-bond acceptors (Lipinski definition) is 2.